The number of nitrogens with one attached hydrogen (secondary N) is 2. The summed E-state index contributed by atoms with van der Waals surface area (Å²) in [7, 11) is 0. The van der Waals surface area contributed by atoms with Crippen LogP contribution < -0.4 is 10.6 Å². The third kappa shape index (κ3) is 3.76. The van der Waals surface area contributed by atoms with Crippen molar-refractivity contribution in [2.24, 2.45) is 0 Å². The number of rotatable bonds is 6. The first-order chi connectivity index (χ1) is 8.54. The van der Waals surface area contributed by atoms with Gasteiger partial charge in [-0.3, -0.25) is 4.79 Å². The Bertz CT molecular complexity index is 380. The Hall–Kier alpha value is -1.51. The van der Waals surface area contributed by atoms with Crippen molar-refractivity contribution >= 4 is 11.6 Å². The number of anilines is 1. The molecule has 0 saturated heterocycles. The maximum absolute atomic E-state index is 12.1. The lowest BCUT2D eigenvalue weighted by Crippen LogP contribution is -2.44. The van der Waals surface area contributed by atoms with Crippen LogP contribution in [-0.4, -0.2) is 18.0 Å². The lowest BCUT2D eigenvalue weighted by molar-refractivity contribution is 0.0901. The van der Waals surface area contributed by atoms with Gasteiger partial charge < -0.3 is 10.6 Å². The Morgan fingerprint density at radius 3 is 2.11 bits per heavy atom. The van der Waals surface area contributed by atoms with E-state index in [4.69, 9.17) is 0 Å². The van der Waals surface area contributed by atoms with Gasteiger partial charge in [0.25, 0.3) is 5.91 Å². The van der Waals surface area contributed by atoms with Gasteiger partial charge >= 0.3 is 0 Å². The average Bonchev–Trinajstić information content (AvgIpc) is 2.39. The molecule has 0 aromatic heterocycles. The molecule has 2 N–H and O–H groups in total. The van der Waals surface area contributed by atoms with E-state index in [1.54, 1.807) is 0 Å². The van der Waals surface area contributed by atoms with E-state index in [0.717, 1.165) is 25.1 Å². The number of carbonyl (C=O) groups is 1. The third-order valence-corrected chi connectivity index (χ3v) is 3.50. The van der Waals surface area contributed by atoms with Crippen molar-refractivity contribution in [3.05, 3.63) is 29.8 Å². The number of benzene rings is 1. The van der Waals surface area contributed by atoms with Crippen LogP contribution in [0.4, 0.5) is 5.69 Å². The Balaban J connectivity index is 2.72. The highest BCUT2D eigenvalue weighted by Gasteiger charge is 2.22. The SMILES string of the molecule is CCNc1ccc(C(=O)NC(C)(CC)CC)cc1. The summed E-state index contributed by atoms with van der Waals surface area (Å²) in [5.74, 6) is 0.00393. The molecule has 3 nitrogen and oxygen atoms in total. The fourth-order valence-electron chi connectivity index (χ4n) is 1.72. The Labute approximate surface area is 110 Å². The first-order valence-electron chi connectivity index (χ1n) is 6.71. The Morgan fingerprint density at radius 1 is 1.11 bits per heavy atom. The predicted molar refractivity (Wildman–Crippen MR) is 77.1 cm³/mol. The predicted octanol–water partition coefficient (Wildman–Crippen LogP) is 3.43. The maximum Gasteiger partial charge on any atom is 0.251 e. The zero-order valence-corrected chi connectivity index (χ0v) is 11.8. The topological polar surface area (TPSA) is 41.1 Å². The summed E-state index contributed by atoms with van der Waals surface area (Å²) in [5.41, 5.74) is 1.64. The molecule has 1 aromatic rings. The average molecular weight is 248 g/mol. The first kappa shape index (κ1) is 14.6. The summed E-state index contributed by atoms with van der Waals surface area (Å²) in [6.07, 6.45) is 1.87. The fourth-order valence-corrected chi connectivity index (χ4v) is 1.72. The molecule has 0 atom stereocenters. The molecule has 0 saturated carbocycles. The molecule has 0 unspecified atom stereocenters. The minimum absolute atomic E-state index is 0.00393. The van der Waals surface area contributed by atoms with Crippen molar-refractivity contribution in [3.8, 4) is 0 Å². The molecule has 0 aliphatic carbocycles. The van der Waals surface area contributed by atoms with E-state index in [1.807, 2.05) is 24.3 Å². The van der Waals surface area contributed by atoms with Crippen molar-refractivity contribution in [1.82, 2.24) is 5.32 Å². The van der Waals surface area contributed by atoms with E-state index < -0.39 is 0 Å². The van der Waals surface area contributed by atoms with Gasteiger partial charge in [0.1, 0.15) is 0 Å². The molecule has 0 spiro atoms. The molecule has 0 heterocycles. The second-order valence-electron chi connectivity index (χ2n) is 4.83. The molecule has 1 amide bonds. The van der Waals surface area contributed by atoms with Crippen LogP contribution in [0.3, 0.4) is 0 Å². The van der Waals surface area contributed by atoms with Gasteiger partial charge in [-0.2, -0.15) is 0 Å². The minimum Gasteiger partial charge on any atom is -0.385 e. The van der Waals surface area contributed by atoms with Crippen LogP contribution in [0, 0.1) is 0 Å². The highest BCUT2D eigenvalue weighted by molar-refractivity contribution is 5.95. The monoisotopic (exact) mass is 248 g/mol. The molecule has 100 valence electrons. The number of hydrogen-bond acceptors (Lipinski definition) is 2. The van der Waals surface area contributed by atoms with Crippen LogP contribution >= 0.6 is 0 Å². The summed E-state index contributed by atoms with van der Waals surface area (Å²) in [6, 6.07) is 7.60. The van der Waals surface area contributed by atoms with E-state index in [0.29, 0.717) is 5.56 Å². The second-order valence-corrected chi connectivity index (χ2v) is 4.83. The van der Waals surface area contributed by atoms with Crippen LogP contribution in [-0.2, 0) is 0 Å². The minimum atomic E-state index is -0.114. The molecule has 0 aliphatic rings. The molecule has 0 aliphatic heterocycles. The normalized spacial score (nSPS) is 11.1. The van der Waals surface area contributed by atoms with Crippen LogP contribution in [0.15, 0.2) is 24.3 Å². The quantitative estimate of drug-likeness (QED) is 0.810. The molecule has 0 radical (unpaired) electrons. The van der Waals surface area contributed by atoms with E-state index in [9.17, 15) is 4.79 Å². The van der Waals surface area contributed by atoms with Gasteiger partial charge in [0.2, 0.25) is 0 Å². The summed E-state index contributed by atoms with van der Waals surface area (Å²) in [4.78, 5) is 12.1. The highest BCUT2D eigenvalue weighted by Crippen LogP contribution is 2.15. The van der Waals surface area contributed by atoms with E-state index >= 15 is 0 Å². The number of amides is 1. The van der Waals surface area contributed by atoms with Crippen molar-refractivity contribution < 1.29 is 4.79 Å². The molecule has 1 rings (SSSR count). The lowest BCUT2D eigenvalue weighted by atomic mass is 9.95. The fraction of sp³-hybridized carbons (Fsp3) is 0.533. The van der Waals surface area contributed by atoms with Crippen molar-refractivity contribution in [3.63, 3.8) is 0 Å². The Kier molecular flexibility index (Phi) is 5.20. The van der Waals surface area contributed by atoms with E-state index in [-0.39, 0.29) is 11.4 Å². The molecular weight excluding hydrogens is 224 g/mol. The zero-order chi connectivity index (χ0) is 13.6. The third-order valence-electron chi connectivity index (χ3n) is 3.50. The molecule has 0 bridgehead atoms. The van der Waals surface area contributed by atoms with Gasteiger partial charge in [-0.15, -0.1) is 0 Å². The molecule has 18 heavy (non-hydrogen) atoms. The standard InChI is InChI=1S/C15H24N2O/c1-5-15(4,6-2)17-14(18)12-8-10-13(11-9-12)16-7-3/h8-11,16H,5-7H2,1-4H3,(H,17,18). The number of carbonyl (C=O) groups excluding carboxylic acids is 1. The van der Waals surface area contributed by atoms with Crippen LogP contribution in [0.25, 0.3) is 0 Å². The first-order valence-corrected chi connectivity index (χ1v) is 6.71. The van der Waals surface area contributed by atoms with Gasteiger partial charge in [-0.1, -0.05) is 13.8 Å². The van der Waals surface area contributed by atoms with Gasteiger partial charge in [-0.05, 0) is 51.0 Å². The van der Waals surface area contributed by atoms with Crippen LogP contribution in [0.1, 0.15) is 50.9 Å². The van der Waals surface area contributed by atoms with Crippen LogP contribution in [0.2, 0.25) is 0 Å². The summed E-state index contributed by atoms with van der Waals surface area (Å²) in [6.45, 7) is 9.21. The second kappa shape index (κ2) is 6.43. The smallest absolute Gasteiger partial charge is 0.251 e. The van der Waals surface area contributed by atoms with Gasteiger partial charge in [0.15, 0.2) is 0 Å². The maximum atomic E-state index is 12.1. The largest absolute Gasteiger partial charge is 0.385 e. The summed E-state index contributed by atoms with van der Waals surface area (Å²) < 4.78 is 0. The summed E-state index contributed by atoms with van der Waals surface area (Å²) >= 11 is 0. The van der Waals surface area contributed by atoms with Gasteiger partial charge in [0.05, 0.1) is 0 Å². The Morgan fingerprint density at radius 2 is 1.67 bits per heavy atom. The van der Waals surface area contributed by atoms with Crippen molar-refractivity contribution in [1.29, 1.82) is 0 Å². The van der Waals surface area contributed by atoms with Crippen molar-refractivity contribution in [2.45, 2.75) is 46.1 Å². The lowest BCUT2D eigenvalue weighted by Gasteiger charge is -2.28. The van der Waals surface area contributed by atoms with Crippen molar-refractivity contribution in [2.75, 3.05) is 11.9 Å². The van der Waals surface area contributed by atoms with Gasteiger partial charge in [-0.25, -0.2) is 0 Å². The number of hydrogen-bond donors (Lipinski definition) is 2. The summed E-state index contributed by atoms with van der Waals surface area (Å²) in [5, 5.41) is 6.31. The van der Waals surface area contributed by atoms with E-state index in [2.05, 4.69) is 38.3 Å². The highest BCUT2D eigenvalue weighted by atomic mass is 16.1. The van der Waals surface area contributed by atoms with Crippen LogP contribution in [0.5, 0.6) is 0 Å². The molecule has 0 fully saturated rings. The zero-order valence-electron chi connectivity index (χ0n) is 11.8. The molecule has 3 heteroatoms. The van der Waals surface area contributed by atoms with E-state index in [1.165, 1.54) is 0 Å². The van der Waals surface area contributed by atoms with Gasteiger partial charge in [0, 0.05) is 23.3 Å². The molecular formula is C15H24N2O. The molecule has 1 aromatic carbocycles.